The highest BCUT2D eigenvalue weighted by Crippen LogP contribution is 2.29. The number of alkyl halides is 2. The molecule has 1 aromatic carbocycles. The summed E-state index contributed by atoms with van der Waals surface area (Å²) in [4.78, 5) is 15.7. The molecule has 0 atom stereocenters. The Kier molecular flexibility index (Phi) is 6.05. The Hall–Kier alpha value is -2.19. The Bertz CT molecular complexity index is 767. The van der Waals surface area contributed by atoms with Crippen molar-refractivity contribution in [1.29, 1.82) is 0 Å². The van der Waals surface area contributed by atoms with Gasteiger partial charge in [-0.1, -0.05) is 6.07 Å². The van der Waals surface area contributed by atoms with Gasteiger partial charge in [0.15, 0.2) is 11.5 Å². The third-order valence-corrected chi connectivity index (χ3v) is 5.21. The van der Waals surface area contributed by atoms with E-state index < -0.39 is 6.61 Å². The van der Waals surface area contributed by atoms with Crippen molar-refractivity contribution in [3.8, 4) is 11.5 Å². The number of nitrogens with one attached hydrogen (secondary N) is 1. The van der Waals surface area contributed by atoms with E-state index in [2.05, 4.69) is 26.4 Å². The number of hydrogen-bond donors (Lipinski definition) is 1. The minimum absolute atomic E-state index is 0.0301. The zero-order valence-electron chi connectivity index (χ0n) is 14.3. The summed E-state index contributed by atoms with van der Waals surface area (Å²) >= 11 is 1.77. The maximum Gasteiger partial charge on any atom is 0.387 e. The van der Waals surface area contributed by atoms with Crippen molar-refractivity contribution in [2.24, 2.45) is 0 Å². The molecule has 0 unspecified atom stereocenters. The van der Waals surface area contributed by atoms with Gasteiger partial charge in [-0.15, -0.1) is 11.3 Å². The van der Waals surface area contributed by atoms with Crippen LogP contribution in [0, 0.1) is 0 Å². The van der Waals surface area contributed by atoms with Crippen LogP contribution in [0.2, 0.25) is 0 Å². The number of carbonyl (C=O) groups excluding carboxylic acids is 1. The number of ether oxygens (including phenoxy) is 2. The summed E-state index contributed by atoms with van der Waals surface area (Å²) in [5.41, 5.74) is 2.05. The van der Waals surface area contributed by atoms with E-state index in [4.69, 9.17) is 4.74 Å². The van der Waals surface area contributed by atoms with Crippen molar-refractivity contribution in [1.82, 2.24) is 10.2 Å². The molecule has 0 fully saturated rings. The van der Waals surface area contributed by atoms with Gasteiger partial charge >= 0.3 is 6.61 Å². The summed E-state index contributed by atoms with van der Waals surface area (Å²) in [7, 11) is 1.38. The summed E-state index contributed by atoms with van der Waals surface area (Å²) in [6.07, 6.45) is 0.975. The van der Waals surface area contributed by atoms with Crippen molar-refractivity contribution >= 4 is 17.2 Å². The second-order valence-electron chi connectivity index (χ2n) is 5.97. The number of carbonyl (C=O) groups is 1. The lowest BCUT2D eigenvalue weighted by Crippen LogP contribution is -2.39. The molecular weight excluding hydrogens is 362 g/mol. The van der Waals surface area contributed by atoms with Gasteiger partial charge in [-0.25, -0.2) is 0 Å². The summed E-state index contributed by atoms with van der Waals surface area (Å²) in [5, 5.41) is 4.94. The Morgan fingerprint density at radius 2 is 2.19 bits per heavy atom. The SMILES string of the molecule is COc1cc(CNC(=O)CN2CCc3sccc3C2)ccc1OC(F)F. The fraction of sp³-hybridized carbons (Fsp3) is 0.389. The molecule has 0 spiro atoms. The number of methoxy groups -OCH3 is 1. The van der Waals surface area contributed by atoms with Crippen LogP contribution in [-0.2, 0) is 24.3 Å². The lowest BCUT2D eigenvalue weighted by Gasteiger charge is -2.26. The van der Waals surface area contributed by atoms with Crippen LogP contribution < -0.4 is 14.8 Å². The largest absolute Gasteiger partial charge is 0.493 e. The van der Waals surface area contributed by atoms with Crippen molar-refractivity contribution < 1.29 is 23.0 Å². The van der Waals surface area contributed by atoms with Crippen molar-refractivity contribution in [2.45, 2.75) is 26.1 Å². The second kappa shape index (κ2) is 8.46. The highest BCUT2D eigenvalue weighted by molar-refractivity contribution is 7.10. The zero-order chi connectivity index (χ0) is 18.5. The van der Waals surface area contributed by atoms with E-state index in [-0.39, 0.29) is 17.4 Å². The maximum absolute atomic E-state index is 12.3. The molecule has 0 bridgehead atoms. The minimum atomic E-state index is -2.91. The van der Waals surface area contributed by atoms with E-state index in [1.165, 1.54) is 23.6 Å². The van der Waals surface area contributed by atoms with Gasteiger partial charge in [0, 0.05) is 24.5 Å². The first-order valence-corrected chi connectivity index (χ1v) is 9.09. The molecule has 1 amide bonds. The first-order valence-electron chi connectivity index (χ1n) is 8.21. The first kappa shape index (κ1) is 18.6. The van der Waals surface area contributed by atoms with E-state index in [1.54, 1.807) is 23.5 Å². The van der Waals surface area contributed by atoms with Crippen LogP contribution in [0.5, 0.6) is 11.5 Å². The summed E-state index contributed by atoms with van der Waals surface area (Å²) in [6, 6.07) is 6.73. The highest BCUT2D eigenvalue weighted by Gasteiger charge is 2.19. The van der Waals surface area contributed by atoms with Gasteiger partial charge < -0.3 is 14.8 Å². The topological polar surface area (TPSA) is 50.8 Å². The smallest absolute Gasteiger partial charge is 0.387 e. The number of nitrogens with zero attached hydrogens (tertiary/aromatic N) is 1. The summed E-state index contributed by atoms with van der Waals surface area (Å²) in [5.74, 6) is 0.103. The quantitative estimate of drug-likeness (QED) is 0.800. The molecule has 0 aliphatic carbocycles. The molecule has 1 aromatic heterocycles. The summed E-state index contributed by atoms with van der Waals surface area (Å²) in [6.45, 7) is -0.628. The van der Waals surface area contributed by atoms with E-state index in [9.17, 15) is 13.6 Å². The number of halogens is 2. The normalized spacial score (nSPS) is 14.2. The van der Waals surface area contributed by atoms with Gasteiger partial charge in [-0.05, 0) is 41.1 Å². The number of amides is 1. The lowest BCUT2D eigenvalue weighted by atomic mass is 10.1. The van der Waals surface area contributed by atoms with Gasteiger partial charge in [0.25, 0.3) is 0 Å². The third-order valence-electron chi connectivity index (χ3n) is 4.19. The maximum atomic E-state index is 12.3. The van der Waals surface area contributed by atoms with Crippen LogP contribution in [-0.4, -0.2) is 37.6 Å². The van der Waals surface area contributed by atoms with Gasteiger partial charge in [0.1, 0.15) is 0 Å². The molecule has 1 aliphatic rings. The molecule has 2 aromatic rings. The molecular formula is C18H20F2N2O3S. The molecule has 0 radical (unpaired) electrons. The Labute approximate surface area is 154 Å². The number of benzene rings is 1. The van der Waals surface area contributed by atoms with E-state index in [1.807, 2.05) is 0 Å². The van der Waals surface area contributed by atoms with Gasteiger partial charge in [0.05, 0.1) is 13.7 Å². The molecule has 3 rings (SSSR count). The molecule has 0 saturated carbocycles. The number of fused-ring (bicyclic) bond motifs is 1. The van der Waals surface area contributed by atoms with Gasteiger partial charge in [-0.3, -0.25) is 9.69 Å². The van der Waals surface area contributed by atoms with Crippen LogP contribution in [0.1, 0.15) is 16.0 Å². The van der Waals surface area contributed by atoms with Crippen LogP contribution in [0.15, 0.2) is 29.6 Å². The molecule has 0 saturated heterocycles. The van der Waals surface area contributed by atoms with Gasteiger partial charge in [-0.2, -0.15) is 8.78 Å². The first-order chi connectivity index (χ1) is 12.5. The second-order valence-corrected chi connectivity index (χ2v) is 6.97. The van der Waals surface area contributed by atoms with Crippen LogP contribution >= 0.6 is 11.3 Å². The third kappa shape index (κ3) is 4.70. The average molecular weight is 382 g/mol. The van der Waals surface area contributed by atoms with E-state index in [0.717, 1.165) is 25.1 Å². The van der Waals surface area contributed by atoms with Crippen molar-refractivity contribution in [3.63, 3.8) is 0 Å². The van der Waals surface area contributed by atoms with Crippen LogP contribution in [0.3, 0.4) is 0 Å². The van der Waals surface area contributed by atoms with E-state index in [0.29, 0.717) is 13.1 Å². The molecule has 1 aliphatic heterocycles. The molecule has 26 heavy (non-hydrogen) atoms. The van der Waals surface area contributed by atoms with Crippen molar-refractivity contribution in [2.75, 3.05) is 20.2 Å². The fourth-order valence-corrected chi connectivity index (χ4v) is 3.81. The Morgan fingerprint density at radius 1 is 1.35 bits per heavy atom. The molecule has 140 valence electrons. The van der Waals surface area contributed by atoms with Crippen LogP contribution in [0.25, 0.3) is 0 Å². The Morgan fingerprint density at radius 3 is 2.96 bits per heavy atom. The molecule has 1 N–H and O–H groups in total. The molecule has 8 heteroatoms. The highest BCUT2D eigenvalue weighted by atomic mass is 32.1. The average Bonchev–Trinajstić information content (AvgIpc) is 3.08. The number of rotatable bonds is 7. The van der Waals surface area contributed by atoms with Crippen LogP contribution in [0.4, 0.5) is 8.78 Å². The molecule has 5 nitrogen and oxygen atoms in total. The zero-order valence-corrected chi connectivity index (χ0v) is 15.2. The lowest BCUT2D eigenvalue weighted by molar-refractivity contribution is -0.122. The fourth-order valence-electron chi connectivity index (χ4n) is 2.92. The number of hydrogen-bond acceptors (Lipinski definition) is 5. The number of thiophene rings is 1. The van der Waals surface area contributed by atoms with E-state index >= 15 is 0 Å². The predicted octanol–water partition coefficient (Wildman–Crippen LogP) is 3.03. The molecule has 2 heterocycles. The Balaban J connectivity index is 1.51. The standard InChI is InChI=1S/C18H20F2N2O3S/c1-24-15-8-12(2-3-14(15)25-18(19)20)9-21-17(23)11-22-6-4-16-13(10-22)5-7-26-16/h2-3,5,7-8,18H,4,6,9-11H2,1H3,(H,21,23). The summed E-state index contributed by atoms with van der Waals surface area (Å²) < 4.78 is 34.1. The minimum Gasteiger partial charge on any atom is -0.493 e. The van der Waals surface area contributed by atoms with Crippen molar-refractivity contribution in [3.05, 3.63) is 45.6 Å². The van der Waals surface area contributed by atoms with Gasteiger partial charge in [0.2, 0.25) is 5.91 Å². The monoisotopic (exact) mass is 382 g/mol. The predicted molar refractivity (Wildman–Crippen MR) is 94.8 cm³/mol.